The van der Waals surface area contributed by atoms with Crippen molar-refractivity contribution in [1.82, 2.24) is 20.2 Å². The highest BCUT2D eigenvalue weighted by molar-refractivity contribution is 7.99. The third-order valence-corrected chi connectivity index (χ3v) is 4.45. The Morgan fingerprint density at radius 3 is 2.96 bits per heavy atom. The summed E-state index contributed by atoms with van der Waals surface area (Å²) < 4.78 is 6.77. The molecule has 26 heavy (non-hydrogen) atoms. The fourth-order valence-electron chi connectivity index (χ4n) is 2.22. The summed E-state index contributed by atoms with van der Waals surface area (Å²) in [5, 5.41) is 25.5. The van der Waals surface area contributed by atoms with Gasteiger partial charge in [-0.05, 0) is 35.5 Å². The van der Waals surface area contributed by atoms with E-state index in [1.54, 1.807) is 31.4 Å². The van der Waals surface area contributed by atoms with Crippen molar-refractivity contribution in [3.63, 3.8) is 0 Å². The molecule has 3 rings (SSSR count). The van der Waals surface area contributed by atoms with Crippen LogP contribution in [0.15, 0.2) is 46.2 Å². The smallest absolute Gasteiger partial charge is 0.274 e. The second-order valence-electron chi connectivity index (χ2n) is 5.24. The first-order valence-electron chi connectivity index (χ1n) is 7.50. The zero-order valence-corrected chi connectivity index (χ0v) is 14.5. The number of hydrogen-bond acceptors (Lipinski definition) is 8. The molecule has 0 unspecified atom stereocenters. The average molecular weight is 374 g/mol. The van der Waals surface area contributed by atoms with Gasteiger partial charge in [0, 0.05) is 6.07 Å². The van der Waals surface area contributed by atoms with Gasteiger partial charge in [-0.2, -0.15) is 0 Å². The maximum atomic E-state index is 12.2. The molecule has 0 aliphatic heterocycles. The standard InChI is InChI=1S/C15H14N6O4S/c1-10-12(5-2-6-13(10)21(23)24)16-14(22)9-26-15-17-18-19-20(15)8-11-4-3-7-25-11/h2-7H,8-9H2,1H3,(H,16,22). The molecule has 0 bridgehead atoms. The van der Waals surface area contributed by atoms with Gasteiger partial charge in [-0.15, -0.1) is 5.10 Å². The van der Waals surface area contributed by atoms with Gasteiger partial charge in [0.15, 0.2) is 0 Å². The number of anilines is 1. The summed E-state index contributed by atoms with van der Waals surface area (Å²) in [6.07, 6.45) is 1.56. The van der Waals surface area contributed by atoms with E-state index < -0.39 is 4.92 Å². The largest absolute Gasteiger partial charge is 0.467 e. The number of thioether (sulfide) groups is 1. The van der Waals surface area contributed by atoms with Gasteiger partial charge in [0.25, 0.3) is 5.69 Å². The van der Waals surface area contributed by atoms with Crippen LogP contribution in [-0.2, 0) is 11.3 Å². The van der Waals surface area contributed by atoms with E-state index in [1.165, 1.54) is 16.8 Å². The number of carbonyl (C=O) groups excluding carboxylic acids is 1. The molecule has 10 nitrogen and oxygen atoms in total. The third kappa shape index (κ3) is 4.06. The molecule has 0 atom stereocenters. The number of nitro groups is 1. The SMILES string of the molecule is Cc1c(NC(=O)CSc2nnnn2Cc2ccco2)cccc1[N+](=O)[O-]. The van der Waals surface area contributed by atoms with Gasteiger partial charge in [0.05, 0.1) is 28.2 Å². The van der Waals surface area contributed by atoms with Crippen molar-refractivity contribution in [2.45, 2.75) is 18.6 Å². The zero-order valence-electron chi connectivity index (χ0n) is 13.7. The van der Waals surface area contributed by atoms with Crippen molar-refractivity contribution in [3.8, 4) is 0 Å². The fourth-order valence-corrected chi connectivity index (χ4v) is 2.90. The summed E-state index contributed by atoms with van der Waals surface area (Å²) in [4.78, 5) is 22.7. The number of benzene rings is 1. The van der Waals surface area contributed by atoms with Crippen LogP contribution in [0.25, 0.3) is 0 Å². The molecule has 0 aliphatic carbocycles. The van der Waals surface area contributed by atoms with Crippen molar-refractivity contribution in [2.75, 3.05) is 11.1 Å². The Hall–Kier alpha value is -3.21. The molecule has 0 radical (unpaired) electrons. The molecule has 1 N–H and O–H groups in total. The lowest BCUT2D eigenvalue weighted by molar-refractivity contribution is -0.385. The Bertz CT molecular complexity index is 924. The van der Waals surface area contributed by atoms with Crippen molar-refractivity contribution >= 4 is 29.0 Å². The number of furan rings is 1. The highest BCUT2D eigenvalue weighted by Gasteiger charge is 2.16. The minimum atomic E-state index is -0.484. The Kier molecular flexibility index (Phi) is 5.27. The number of carbonyl (C=O) groups is 1. The summed E-state index contributed by atoms with van der Waals surface area (Å²) in [5.74, 6) is 0.433. The first-order chi connectivity index (χ1) is 12.5. The van der Waals surface area contributed by atoms with E-state index in [2.05, 4.69) is 20.8 Å². The van der Waals surface area contributed by atoms with E-state index in [4.69, 9.17) is 4.42 Å². The molecule has 1 aromatic carbocycles. The van der Waals surface area contributed by atoms with Crippen LogP contribution in [0.2, 0.25) is 0 Å². The van der Waals surface area contributed by atoms with Crippen molar-refractivity contribution < 1.29 is 14.1 Å². The number of amides is 1. The molecule has 1 amide bonds. The van der Waals surface area contributed by atoms with Gasteiger partial charge in [-0.1, -0.05) is 17.8 Å². The Balaban J connectivity index is 1.61. The minimum Gasteiger partial charge on any atom is -0.467 e. The third-order valence-electron chi connectivity index (χ3n) is 3.49. The summed E-state index contributed by atoms with van der Waals surface area (Å²) in [6.45, 7) is 1.94. The van der Waals surface area contributed by atoms with Crippen LogP contribution in [0.1, 0.15) is 11.3 Å². The van der Waals surface area contributed by atoms with Crippen LogP contribution in [0, 0.1) is 17.0 Å². The number of hydrogen-bond donors (Lipinski definition) is 1. The molecular formula is C15H14N6O4S. The molecule has 0 saturated heterocycles. The molecule has 0 aliphatic rings. The fraction of sp³-hybridized carbons (Fsp3) is 0.200. The Morgan fingerprint density at radius 2 is 2.23 bits per heavy atom. The highest BCUT2D eigenvalue weighted by Crippen LogP contribution is 2.25. The lowest BCUT2D eigenvalue weighted by Crippen LogP contribution is -2.16. The zero-order chi connectivity index (χ0) is 18.5. The van der Waals surface area contributed by atoms with Gasteiger partial charge in [-0.25, -0.2) is 4.68 Å². The first-order valence-corrected chi connectivity index (χ1v) is 8.48. The van der Waals surface area contributed by atoms with Gasteiger partial charge in [0.2, 0.25) is 11.1 Å². The van der Waals surface area contributed by atoms with E-state index in [1.807, 2.05) is 0 Å². The van der Waals surface area contributed by atoms with Gasteiger partial charge < -0.3 is 9.73 Å². The second-order valence-corrected chi connectivity index (χ2v) is 6.18. The van der Waals surface area contributed by atoms with Gasteiger partial charge >= 0.3 is 0 Å². The van der Waals surface area contributed by atoms with Gasteiger partial charge in [-0.3, -0.25) is 14.9 Å². The number of nitrogens with one attached hydrogen (secondary N) is 1. The second kappa shape index (κ2) is 7.78. The minimum absolute atomic E-state index is 0.0437. The van der Waals surface area contributed by atoms with Crippen LogP contribution in [0.3, 0.4) is 0 Å². The van der Waals surface area contributed by atoms with E-state index in [9.17, 15) is 14.9 Å². The van der Waals surface area contributed by atoms with Crippen LogP contribution in [-0.4, -0.2) is 36.8 Å². The summed E-state index contributed by atoms with van der Waals surface area (Å²) in [6, 6.07) is 8.10. The quantitative estimate of drug-likeness (QED) is 0.379. The van der Waals surface area contributed by atoms with Gasteiger partial charge in [0.1, 0.15) is 12.3 Å². The topological polar surface area (TPSA) is 129 Å². The average Bonchev–Trinajstić information content (AvgIpc) is 3.27. The van der Waals surface area contributed by atoms with E-state index in [0.29, 0.717) is 28.7 Å². The molecule has 0 fully saturated rings. The monoisotopic (exact) mass is 374 g/mol. The van der Waals surface area contributed by atoms with Crippen molar-refractivity contribution in [3.05, 3.63) is 58.0 Å². The molecule has 2 aromatic heterocycles. The maximum Gasteiger partial charge on any atom is 0.274 e. The lowest BCUT2D eigenvalue weighted by Gasteiger charge is -2.08. The molecule has 0 spiro atoms. The van der Waals surface area contributed by atoms with Crippen molar-refractivity contribution in [2.24, 2.45) is 0 Å². The molecule has 0 saturated carbocycles. The molecule has 11 heteroatoms. The number of nitrogens with zero attached hydrogens (tertiary/aromatic N) is 5. The Labute approximate surface area is 151 Å². The predicted octanol–water partition coefficient (Wildman–Crippen LogP) is 2.26. The maximum absolute atomic E-state index is 12.2. The Morgan fingerprint density at radius 1 is 1.38 bits per heavy atom. The summed E-state index contributed by atoms with van der Waals surface area (Å²) in [5.41, 5.74) is 0.760. The first kappa shape index (κ1) is 17.6. The van der Waals surface area contributed by atoms with Crippen molar-refractivity contribution in [1.29, 1.82) is 0 Å². The van der Waals surface area contributed by atoms with Crippen LogP contribution < -0.4 is 5.32 Å². The number of nitro benzene ring substituents is 1. The van der Waals surface area contributed by atoms with Crippen LogP contribution >= 0.6 is 11.8 Å². The van der Waals surface area contributed by atoms with Crippen LogP contribution in [0.5, 0.6) is 0 Å². The number of aromatic nitrogens is 4. The molecule has 2 heterocycles. The van der Waals surface area contributed by atoms with Crippen LogP contribution in [0.4, 0.5) is 11.4 Å². The summed E-state index contributed by atoms with van der Waals surface area (Å²) >= 11 is 1.16. The lowest BCUT2D eigenvalue weighted by atomic mass is 10.1. The molecule has 3 aromatic rings. The van der Waals surface area contributed by atoms with E-state index in [0.717, 1.165) is 11.8 Å². The normalized spacial score (nSPS) is 10.7. The predicted molar refractivity (Wildman–Crippen MR) is 92.8 cm³/mol. The molecule has 134 valence electrons. The summed E-state index contributed by atoms with van der Waals surface area (Å²) in [7, 11) is 0. The van der Waals surface area contributed by atoms with E-state index in [-0.39, 0.29) is 17.3 Å². The number of tetrazole rings is 1. The highest BCUT2D eigenvalue weighted by atomic mass is 32.2. The van der Waals surface area contributed by atoms with E-state index >= 15 is 0 Å². The number of rotatable bonds is 7. The molecular weight excluding hydrogens is 360 g/mol.